The summed E-state index contributed by atoms with van der Waals surface area (Å²) in [6, 6.07) is 12.5. The van der Waals surface area contributed by atoms with Crippen molar-refractivity contribution in [2.75, 3.05) is 17.7 Å². The van der Waals surface area contributed by atoms with Gasteiger partial charge in [0.2, 0.25) is 11.7 Å². The second-order valence-electron chi connectivity index (χ2n) is 6.53. The number of ketones is 1. The van der Waals surface area contributed by atoms with Gasteiger partial charge in [-0.1, -0.05) is 18.2 Å². The molecule has 0 atom stereocenters. The fourth-order valence-electron chi connectivity index (χ4n) is 3.27. The van der Waals surface area contributed by atoms with E-state index in [0.717, 1.165) is 21.5 Å². The van der Waals surface area contributed by atoms with Crippen molar-refractivity contribution in [3.63, 3.8) is 0 Å². The third-order valence-corrected chi connectivity index (χ3v) is 5.66. The Labute approximate surface area is 165 Å². The van der Waals surface area contributed by atoms with Crippen LogP contribution in [0.1, 0.15) is 32.8 Å². The standard InChI is InChI=1S/C21H18N2O4S/c1-12-20(14-4-2-3-5-15(14)22-12)17(24)11-27-21(26)13-6-7-18-16(10-13)23-19(25)8-9-28-18/h2-7,10,22H,8-9,11H2,1H3,(H,23,25). The van der Waals surface area contributed by atoms with Crippen LogP contribution in [0.2, 0.25) is 0 Å². The number of anilines is 1. The lowest BCUT2D eigenvalue weighted by Crippen LogP contribution is -2.15. The maximum absolute atomic E-state index is 12.6. The van der Waals surface area contributed by atoms with Crippen molar-refractivity contribution < 1.29 is 19.1 Å². The molecule has 1 aliphatic heterocycles. The van der Waals surface area contributed by atoms with Crippen LogP contribution < -0.4 is 5.32 Å². The Morgan fingerprint density at radius 1 is 1.18 bits per heavy atom. The highest BCUT2D eigenvalue weighted by molar-refractivity contribution is 7.99. The van der Waals surface area contributed by atoms with E-state index in [-0.39, 0.29) is 18.3 Å². The fourth-order valence-corrected chi connectivity index (χ4v) is 4.21. The van der Waals surface area contributed by atoms with Crippen molar-refractivity contribution in [2.24, 2.45) is 0 Å². The number of fused-ring (bicyclic) bond motifs is 2. The normalized spacial score (nSPS) is 13.5. The molecule has 0 radical (unpaired) electrons. The molecular weight excluding hydrogens is 376 g/mol. The molecular formula is C21H18N2O4S. The van der Waals surface area contributed by atoms with E-state index < -0.39 is 5.97 Å². The van der Waals surface area contributed by atoms with Gasteiger partial charge in [-0.05, 0) is 31.2 Å². The van der Waals surface area contributed by atoms with Crippen LogP contribution in [0.15, 0.2) is 47.4 Å². The zero-order chi connectivity index (χ0) is 19.7. The minimum absolute atomic E-state index is 0.0817. The summed E-state index contributed by atoms with van der Waals surface area (Å²) in [5, 5.41) is 3.60. The lowest BCUT2D eigenvalue weighted by Gasteiger charge is -2.09. The van der Waals surface area contributed by atoms with Crippen molar-refractivity contribution in [3.05, 3.63) is 59.3 Å². The van der Waals surface area contributed by atoms with Crippen molar-refractivity contribution in [1.82, 2.24) is 4.98 Å². The molecule has 0 spiro atoms. The fraction of sp³-hybridized carbons (Fsp3) is 0.190. The minimum Gasteiger partial charge on any atom is -0.454 e. The summed E-state index contributed by atoms with van der Waals surface area (Å²) in [5.41, 5.74) is 3.04. The third-order valence-electron chi connectivity index (χ3n) is 4.58. The number of aryl methyl sites for hydroxylation is 1. The zero-order valence-corrected chi connectivity index (χ0v) is 16.0. The first-order valence-electron chi connectivity index (χ1n) is 8.87. The van der Waals surface area contributed by atoms with Crippen molar-refractivity contribution >= 4 is 46.0 Å². The maximum Gasteiger partial charge on any atom is 0.338 e. The van der Waals surface area contributed by atoms with Gasteiger partial charge in [0.25, 0.3) is 0 Å². The molecule has 0 saturated carbocycles. The summed E-state index contributed by atoms with van der Waals surface area (Å²) in [4.78, 5) is 40.9. The monoisotopic (exact) mass is 394 g/mol. The van der Waals surface area contributed by atoms with E-state index in [4.69, 9.17) is 4.74 Å². The number of rotatable bonds is 4. The molecule has 0 saturated heterocycles. The summed E-state index contributed by atoms with van der Waals surface area (Å²) < 4.78 is 5.24. The number of ether oxygens (including phenoxy) is 1. The highest BCUT2D eigenvalue weighted by atomic mass is 32.2. The molecule has 0 unspecified atom stereocenters. The number of amides is 1. The molecule has 0 fully saturated rings. The van der Waals surface area contributed by atoms with E-state index in [9.17, 15) is 14.4 Å². The molecule has 142 valence electrons. The Bertz CT molecular complexity index is 1100. The van der Waals surface area contributed by atoms with E-state index in [1.807, 2.05) is 31.2 Å². The number of para-hydroxylation sites is 1. The zero-order valence-electron chi connectivity index (χ0n) is 15.2. The van der Waals surface area contributed by atoms with Gasteiger partial charge in [-0.3, -0.25) is 9.59 Å². The van der Waals surface area contributed by atoms with Crippen LogP contribution in [0.5, 0.6) is 0 Å². The molecule has 3 aromatic rings. The number of thioether (sulfide) groups is 1. The summed E-state index contributed by atoms with van der Waals surface area (Å²) >= 11 is 1.56. The molecule has 1 amide bonds. The van der Waals surface area contributed by atoms with Gasteiger partial charge in [-0.15, -0.1) is 11.8 Å². The number of Topliss-reactive ketones (excluding diaryl/α,β-unsaturated/α-hetero) is 1. The number of carbonyl (C=O) groups is 3. The van der Waals surface area contributed by atoms with E-state index in [1.165, 1.54) is 0 Å². The average Bonchev–Trinajstić information content (AvgIpc) is 2.90. The highest BCUT2D eigenvalue weighted by Gasteiger charge is 2.20. The molecule has 1 aromatic heterocycles. The molecule has 6 nitrogen and oxygen atoms in total. The van der Waals surface area contributed by atoms with Gasteiger partial charge in [0.05, 0.1) is 11.3 Å². The quantitative estimate of drug-likeness (QED) is 0.517. The predicted molar refractivity (Wildman–Crippen MR) is 108 cm³/mol. The Morgan fingerprint density at radius 2 is 2.00 bits per heavy atom. The van der Waals surface area contributed by atoms with E-state index in [0.29, 0.717) is 29.0 Å². The van der Waals surface area contributed by atoms with Crippen LogP contribution >= 0.6 is 11.8 Å². The lowest BCUT2D eigenvalue weighted by atomic mass is 10.1. The first kappa shape index (κ1) is 18.3. The highest BCUT2D eigenvalue weighted by Crippen LogP contribution is 2.31. The minimum atomic E-state index is -0.600. The van der Waals surface area contributed by atoms with E-state index >= 15 is 0 Å². The second-order valence-corrected chi connectivity index (χ2v) is 7.66. The number of hydrogen-bond donors (Lipinski definition) is 2. The molecule has 7 heteroatoms. The second kappa shape index (κ2) is 7.52. The van der Waals surface area contributed by atoms with Gasteiger partial charge in [-0.2, -0.15) is 0 Å². The van der Waals surface area contributed by atoms with E-state index in [2.05, 4.69) is 10.3 Å². The molecule has 4 rings (SSSR count). The molecule has 0 bridgehead atoms. The number of esters is 1. The largest absolute Gasteiger partial charge is 0.454 e. The van der Waals surface area contributed by atoms with Crippen LogP contribution in [0.25, 0.3) is 10.9 Å². The summed E-state index contributed by atoms with van der Waals surface area (Å²) in [6.45, 7) is 1.47. The summed E-state index contributed by atoms with van der Waals surface area (Å²) in [5.74, 6) is -0.248. The molecule has 2 heterocycles. The number of aromatic nitrogens is 1. The number of hydrogen-bond acceptors (Lipinski definition) is 5. The Morgan fingerprint density at radius 3 is 2.86 bits per heavy atom. The van der Waals surface area contributed by atoms with Crippen molar-refractivity contribution in [1.29, 1.82) is 0 Å². The Balaban J connectivity index is 1.49. The average molecular weight is 394 g/mol. The topological polar surface area (TPSA) is 88.3 Å². The molecule has 28 heavy (non-hydrogen) atoms. The first-order valence-corrected chi connectivity index (χ1v) is 9.86. The Hall–Kier alpha value is -3.06. The number of nitrogens with one attached hydrogen (secondary N) is 2. The Kier molecular flexibility index (Phi) is 4.92. The summed E-state index contributed by atoms with van der Waals surface area (Å²) in [6.07, 6.45) is 0.428. The van der Waals surface area contributed by atoms with Crippen LogP contribution in [0.4, 0.5) is 5.69 Å². The predicted octanol–water partition coefficient (Wildman–Crippen LogP) is 3.95. The first-order chi connectivity index (χ1) is 13.5. The molecule has 1 aliphatic rings. The number of aromatic amines is 1. The van der Waals surface area contributed by atoms with Gasteiger partial charge in [0.1, 0.15) is 0 Å². The van der Waals surface area contributed by atoms with Gasteiger partial charge in [0, 0.05) is 39.2 Å². The van der Waals surface area contributed by atoms with Crippen LogP contribution in [0, 0.1) is 6.92 Å². The number of H-pyrrole nitrogens is 1. The summed E-state index contributed by atoms with van der Waals surface area (Å²) in [7, 11) is 0. The van der Waals surface area contributed by atoms with Gasteiger partial charge < -0.3 is 15.0 Å². The maximum atomic E-state index is 12.6. The smallest absolute Gasteiger partial charge is 0.338 e. The van der Waals surface area contributed by atoms with Gasteiger partial charge in [0.15, 0.2) is 6.61 Å². The van der Waals surface area contributed by atoms with Gasteiger partial charge in [-0.25, -0.2) is 4.79 Å². The molecule has 2 aromatic carbocycles. The van der Waals surface area contributed by atoms with Crippen LogP contribution in [-0.4, -0.2) is 35.0 Å². The van der Waals surface area contributed by atoms with Crippen molar-refractivity contribution in [3.8, 4) is 0 Å². The SMILES string of the molecule is Cc1[nH]c2ccccc2c1C(=O)COC(=O)c1ccc2c(c1)NC(=O)CCS2. The molecule has 0 aliphatic carbocycles. The number of benzene rings is 2. The van der Waals surface area contributed by atoms with Crippen LogP contribution in [-0.2, 0) is 9.53 Å². The van der Waals surface area contributed by atoms with Crippen molar-refractivity contribution in [2.45, 2.75) is 18.2 Å². The number of carbonyl (C=O) groups excluding carboxylic acids is 3. The van der Waals surface area contributed by atoms with Gasteiger partial charge >= 0.3 is 5.97 Å². The molecule has 2 N–H and O–H groups in total. The van der Waals surface area contributed by atoms with E-state index in [1.54, 1.807) is 30.0 Å². The van der Waals surface area contributed by atoms with Crippen LogP contribution in [0.3, 0.4) is 0 Å². The lowest BCUT2D eigenvalue weighted by molar-refractivity contribution is -0.115. The third kappa shape index (κ3) is 3.53.